The molecular formula is C16H34O4Si. The monoisotopic (exact) mass is 318 g/mol. The first kappa shape index (κ1) is 20.6. The van der Waals surface area contributed by atoms with Crippen LogP contribution in [0, 0.1) is 5.41 Å². The standard InChI is InChI=1S/C16H34O4Si/c1-15(2,3)14(18)19-12-10-13(9-11-17)20-21(7,8)16(4,5)6/h13,17H,9-12H2,1-8H3/t13-/m1/s1. The zero-order valence-corrected chi connectivity index (χ0v) is 16.1. The third-order valence-corrected chi connectivity index (χ3v) is 8.54. The quantitative estimate of drug-likeness (QED) is 0.574. The summed E-state index contributed by atoms with van der Waals surface area (Å²) >= 11 is 0. The van der Waals surface area contributed by atoms with Crippen LogP contribution in [-0.2, 0) is 14.0 Å². The van der Waals surface area contributed by atoms with Crippen LogP contribution in [0.5, 0.6) is 0 Å². The average molecular weight is 319 g/mol. The topological polar surface area (TPSA) is 55.8 Å². The Kier molecular flexibility index (Phi) is 7.60. The van der Waals surface area contributed by atoms with E-state index in [1.54, 1.807) is 0 Å². The van der Waals surface area contributed by atoms with Gasteiger partial charge < -0.3 is 14.3 Å². The number of rotatable bonds is 7. The lowest BCUT2D eigenvalue weighted by Gasteiger charge is -2.39. The number of hydrogen-bond donors (Lipinski definition) is 1. The summed E-state index contributed by atoms with van der Waals surface area (Å²) in [6.07, 6.45) is 1.16. The second kappa shape index (κ2) is 7.74. The van der Waals surface area contributed by atoms with Gasteiger partial charge in [0, 0.05) is 13.0 Å². The summed E-state index contributed by atoms with van der Waals surface area (Å²) in [6.45, 7) is 16.9. The smallest absolute Gasteiger partial charge is 0.311 e. The van der Waals surface area contributed by atoms with Crippen molar-refractivity contribution < 1.29 is 19.1 Å². The normalized spacial score (nSPS) is 14.9. The predicted octanol–water partition coefficient (Wildman–Crippen LogP) is 3.74. The van der Waals surface area contributed by atoms with Gasteiger partial charge in [0.25, 0.3) is 0 Å². The molecule has 0 fully saturated rings. The van der Waals surface area contributed by atoms with E-state index in [0.29, 0.717) is 19.4 Å². The molecule has 0 aliphatic heterocycles. The van der Waals surface area contributed by atoms with Crippen LogP contribution in [0.3, 0.4) is 0 Å². The fourth-order valence-corrected chi connectivity index (χ4v) is 2.92. The van der Waals surface area contributed by atoms with Crippen LogP contribution in [0.25, 0.3) is 0 Å². The number of esters is 1. The van der Waals surface area contributed by atoms with Crippen LogP contribution >= 0.6 is 0 Å². The Morgan fingerprint density at radius 1 is 1.10 bits per heavy atom. The van der Waals surface area contributed by atoms with Gasteiger partial charge in [-0.2, -0.15) is 0 Å². The van der Waals surface area contributed by atoms with Crippen molar-refractivity contribution in [1.29, 1.82) is 0 Å². The van der Waals surface area contributed by atoms with E-state index in [2.05, 4.69) is 33.9 Å². The summed E-state index contributed by atoms with van der Waals surface area (Å²) in [7, 11) is -1.87. The predicted molar refractivity (Wildman–Crippen MR) is 88.8 cm³/mol. The highest BCUT2D eigenvalue weighted by Crippen LogP contribution is 2.37. The molecule has 0 aromatic heterocycles. The summed E-state index contributed by atoms with van der Waals surface area (Å²) in [5, 5.41) is 9.33. The zero-order chi connectivity index (χ0) is 16.9. The van der Waals surface area contributed by atoms with Gasteiger partial charge in [-0.05, 0) is 45.3 Å². The lowest BCUT2D eigenvalue weighted by atomic mass is 9.97. The molecule has 0 saturated heterocycles. The van der Waals surface area contributed by atoms with Gasteiger partial charge in [-0.15, -0.1) is 0 Å². The second-order valence-electron chi connectivity index (χ2n) is 8.19. The molecule has 21 heavy (non-hydrogen) atoms. The number of hydrogen-bond acceptors (Lipinski definition) is 4. The molecule has 0 aromatic rings. The van der Waals surface area contributed by atoms with Gasteiger partial charge in [0.2, 0.25) is 0 Å². The minimum Gasteiger partial charge on any atom is -0.465 e. The fourth-order valence-electron chi connectivity index (χ4n) is 1.50. The van der Waals surface area contributed by atoms with E-state index in [4.69, 9.17) is 9.16 Å². The first-order valence-corrected chi connectivity index (χ1v) is 10.7. The Hall–Kier alpha value is -0.393. The molecule has 0 unspecified atom stereocenters. The molecule has 0 spiro atoms. The van der Waals surface area contributed by atoms with E-state index in [1.165, 1.54) is 0 Å². The maximum absolute atomic E-state index is 11.7. The van der Waals surface area contributed by atoms with Crippen LogP contribution in [0.1, 0.15) is 54.4 Å². The number of carbonyl (C=O) groups excluding carboxylic acids is 1. The van der Waals surface area contributed by atoms with Crippen LogP contribution in [0.2, 0.25) is 18.1 Å². The lowest BCUT2D eigenvalue weighted by Crippen LogP contribution is -2.44. The molecule has 0 heterocycles. The van der Waals surface area contributed by atoms with Crippen LogP contribution < -0.4 is 0 Å². The minimum absolute atomic E-state index is 0.0522. The van der Waals surface area contributed by atoms with E-state index in [-0.39, 0.29) is 23.7 Å². The summed E-state index contributed by atoms with van der Waals surface area (Å²) in [5.41, 5.74) is -0.479. The van der Waals surface area contributed by atoms with Gasteiger partial charge in [0.1, 0.15) is 0 Å². The molecule has 0 aliphatic carbocycles. The molecule has 1 N–H and O–H groups in total. The fraction of sp³-hybridized carbons (Fsp3) is 0.938. The summed E-state index contributed by atoms with van der Waals surface area (Å²) < 4.78 is 11.6. The van der Waals surface area contributed by atoms with Crippen molar-refractivity contribution in [3.63, 3.8) is 0 Å². The number of ether oxygens (including phenoxy) is 1. The zero-order valence-electron chi connectivity index (χ0n) is 15.1. The third kappa shape index (κ3) is 7.43. The summed E-state index contributed by atoms with van der Waals surface area (Å²) in [5.74, 6) is -0.197. The first-order chi connectivity index (χ1) is 9.31. The van der Waals surface area contributed by atoms with Crippen LogP contribution in [0.4, 0.5) is 0 Å². The molecule has 0 saturated carbocycles. The highest BCUT2D eigenvalue weighted by molar-refractivity contribution is 6.74. The Bertz CT molecular complexity index is 326. The first-order valence-electron chi connectivity index (χ1n) is 7.77. The Balaban J connectivity index is 4.49. The molecule has 4 nitrogen and oxygen atoms in total. The molecule has 5 heteroatoms. The highest BCUT2D eigenvalue weighted by Gasteiger charge is 2.39. The highest BCUT2D eigenvalue weighted by atomic mass is 28.4. The van der Waals surface area contributed by atoms with Crippen LogP contribution in [0.15, 0.2) is 0 Å². The van der Waals surface area contributed by atoms with Gasteiger partial charge in [-0.3, -0.25) is 4.79 Å². The molecule has 0 aliphatic rings. The van der Waals surface area contributed by atoms with Crippen molar-refractivity contribution in [2.45, 2.75) is 78.6 Å². The average Bonchev–Trinajstić information content (AvgIpc) is 2.25. The van der Waals surface area contributed by atoms with Gasteiger partial charge >= 0.3 is 5.97 Å². The number of aliphatic hydroxyl groups is 1. The van der Waals surface area contributed by atoms with Crippen molar-refractivity contribution in [2.75, 3.05) is 13.2 Å². The van der Waals surface area contributed by atoms with E-state index in [0.717, 1.165) is 0 Å². The van der Waals surface area contributed by atoms with Crippen molar-refractivity contribution >= 4 is 14.3 Å². The number of aliphatic hydroxyl groups excluding tert-OH is 1. The molecular weight excluding hydrogens is 284 g/mol. The van der Waals surface area contributed by atoms with E-state index < -0.39 is 13.7 Å². The SMILES string of the molecule is CC(C)(C)C(=O)OCC[C@@H](CCO)O[Si](C)(C)C(C)(C)C. The molecule has 1 atom stereocenters. The molecule has 0 amide bonds. The van der Waals surface area contributed by atoms with Crippen molar-refractivity contribution in [3.05, 3.63) is 0 Å². The van der Waals surface area contributed by atoms with Crippen molar-refractivity contribution in [3.8, 4) is 0 Å². The van der Waals surface area contributed by atoms with Crippen molar-refractivity contribution in [2.24, 2.45) is 5.41 Å². The second-order valence-corrected chi connectivity index (χ2v) is 12.9. The van der Waals surface area contributed by atoms with Gasteiger partial charge in [-0.25, -0.2) is 0 Å². The maximum Gasteiger partial charge on any atom is 0.311 e. The van der Waals surface area contributed by atoms with Gasteiger partial charge in [-0.1, -0.05) is 20.8 Å². The maximum atomic E-state index is 11.7. The molecule has 126 valence electrons. The molecule has 0 aromatic carbocycles. The number of carbonyl (C=O) groups is 1. The van der Waals surface area contributed by atoms with Crippen LogP contribution in [-0.4, -0.2) is 38.7 Å². The van der Waals surface area contributed by atoms with Gasteiger partial charge in [0.05, 0.1) is 18.1 Å². The Labute approximate surface area is 131 Å². The Morgan fingerprint density at radius 3 is 2.00 bits per heavy atom. The molecule has 0 bridgehead atoms. The Morgan fingerprint density at radius 2 is 1.62 bits per heavy atom. The van der Waals surface area contributed by atoms with E-state index in [9.17, 15) is 9.90 Å². The largest absolute Gasteiger partial charge is 0.465 e. The van der Waals surface area contributed by atoms with Gasteiger partial charge in [0.15, 0.2) is 8.32 Å². The minimum atomic E-state index is -1.87. The van der Waals surface area contributed by atoms with E-state index in [1.807, 2.05) is 20.8 Å². The molecule has 0 radical (unpaired) electrons. The van der Waals surface area contributed by atoms with E-state index >= 15 is 0 Å². The third-order valence-electron chi connectivity index (χ3n) is 4.00. The summed E-state index contributed by atoms with van der Waals surface area (Å²) in [4.78, 5) is 11.7. The molecule has 0 rings (SSSR count). The summed E-state index contributed by atoms with van der Waals surface area (Å²) in [6, 6.07) is 0. The lowest BCUT2D eigenvalue weighted by molar-refractivity contribution is -0.153. The van der Waals surface area contributed by atoms with Crippen molar-refractivity contribution in [1.82, 2.24) is 0 Å².